The van der Waals surface area contributed by atoms with Crippen molar-refractivity contribution in [2.24, 2.45) is 0 Å². The molecule has 0 radical (unpaired) electrons. The first-order valence-electron chi connectivity index (χ1n) is 6.03. The highest BCUT2D eigenvalue weighted by Crippen LogP contribution is 2.09. The van der Waals surface area contributed by atoms with Crippen molar-refractivity contribution < 1.29 is 19.0 Å². The lowest BCUT2D eigenvalue weighted by Gasteiger charge is -2.12. The van der Waals surface area contributed by atoms with Gasteiger partial charge in [-0.1, -0.05) is 23.8 Å². The number of carbonyl (C=O) groups excluding carboxylic acids is 1. The van der Waals surface area contributed by atoms with E-state index in [4.69, 9.17) is 14.2 Å². The van der Waals surface area contributed by atoms with Gasteiger partial charge in [-0.2, -0.15) is 0 Å². The smallest absolute Gasteiger partial charge is 0.363 e. The van der Waals surface area contributed by atoms with Crippen LogP contribution in [0.1, 0.15) is 33.1 Å². The van der Waals surface area contributed by atoms with Crippen LogP contribution in [0.25, 0.3) is 0 Å². The number of rotatable bonds is 9. The molecule has 0 bridgehead atoms. The van der Waals surface area contributed by atoms with Crippen molar-refractivity contribution in [3.8, 4) is 0 Å². The molecule has 0 rings (SSSR count). The molecule has 0 unspecified atom stereocenters. The lowest BCUT2D eigenvalue weighted by Crippen LogP contribution is -2.27. The zero-order chi connectivity index (χ0) is 14.0. The van der Waals surface area contributed by atoms with Gasteiger partial charge in [0.25, 0.3) is 6.29 Å². The van der Waals surface area contributed by atoms with E-state index in [0.29, 0.717) is 13.0 Å². The van der Waals surface area contributed by atoms with E-state index in [2.05, 4.69) is 26.5 Å². The molecule has 0 N–H and O–H groups in total. The third-order valence-electron chi connectivity index (χ3n) is 2.37. The number of esters is 1. The van der Waals surface area contributed by atoms with Gasteiger partial charge in [-0.05, 0) is 26.7 Å². The topological polar surface area (TPSA) is 44.8 Å². The van der Waals surface area contributed by atoms with Gasteiger partial charge < -0.3 is 14.2 Å². The summed E-state index contributed by atoms with van der Waals surface area (Å²) < 4.78 is 14.6. The van der Waals surface area contributed by atoms with E-state index in [1.54, 1.807) is 0 Å². The molecule has 0 aromatic carbocycles. The van der Waals surface area contributed by atoms with Crippen molar-refractivity contribution in [3.63, 3.8) is 0 Å². The second-order valence-corrected chi connectivity index (χ2v) is 4.29. The van der Waals surface area contributed by atoms with Crippen molar-refractivity contribution in [1.29, 1.82) is 0 Å². The van der Waals surface area contributed by atoms with Gasteiger partial charge in [-0.3, -0.25) is 0 Å². The van der Waals surface area contributed by atoms with E-state index in [9.17, 15) is 4.79 Å². The molecule has 0 aromatic heterocycles. The Morgan fingerprint density at radius 2 is 1.83 bits per heavy atom. The second-order valence-electron chi connectivity index (χ2n) is 4.29. The quantitative estimate of drug-likeness (QED) is 0.361. The van der Waals surface area contributed by atoms with Crippen molar-refractivity contribution >= 4 is 5.97 Å². The van der Waals surface area contributed by atoms with E-state index in [0.717, 1.165) is 18.4 Å². The Bertz CT molecular complexity index is 286. The zero-order valence-corrected chi connectivity index (χ0v) is 11.8. The van der Waals surface area contributed by atoms with Gasteiger partial charge in [-0.15, -0.1) is 0 Å². The van der Waals surface area contributed by atoms with Crippen LogP contribution in [-0.2, 0) is 19.0 Å². The molecule has 0 saturated carbocycles. The number of hydrogen-bond donors (Lipinski definition) is 0. The van der Waals surface area contributed by atoms with Gasteiger partial charge in [0.2, 0.25) is 0 Å². The van der Waals surface area contributed by atoms with Crippen molar-refractivity contribution in [2.75, 3.05) is 20.8 Å². The molecular formula is C14H24O4. The highest BCUT2D eigenvalue weighted by atomic mass is 16.7. The number of ether oxygens (including phenoxy) is 3. The van der Waals surface area contributed by atoms with E-state index >= 15 is 0 Å². The summed E-state index contributed by atoms with van der Waals surface area (Å²) in [4.78, 5) is 11.4. The number of carbonyl (C=O) groups is 1. The molecule has 0 aliphatic heterocycles. The lowest BCUT2D eigenvalue weighted by atomic mass is 10.1. The molecule has 0 fully saturated rings. The second kappa shape index (κ2) is 9.85. The molecule has 4 nitrogen and oxygen atoms in total. The van der Waals surface area contributed by atoms with E-state index in [1.165, 1.54) is 19.8 Å². The van der Waals surface area contributed by atoms with Crippen LogP contribution in [0.3, 0.4) is 0 Å². The Morgan fingerprint density at radius 3 is 2.33 bits per heavy atom. The SMILES string of the molecule is C=C(CCC=C(C)C)CCOC(=O)C(OC)OC. The minimum atomic E-state index is -0.941. The highest BCUT2D eigenvalue weighted by molar-refractivity contribution is 5.73. The van der Waals surface area contributed by atoms with Gasteiger partial charge >= 0.3 is 5.97 Å². The molecule has 0 heterocycles. The fraction of sp³-hybridized carbons (Fsp3) is 0.643. The molecule has 4 heteroatoms. The number of hydrogen-bond acceptors (Lipinski definition) is 4. The summed E-state index contributed by atoms with van der Waals surface area (Å²) in [6.07, 6.45) is 3.80. The summed E-state index contributed by atoms with van der Waals surface area (Å²) in [7, 11) is 2.79. The lowest BCUT2D eigenvalue weighted by molar-refractivity contribution is -0.183. The first-order chi connectivity index (χ1) is 8.51. The van der Waals surface area contributed by atoms with Gasteiger partial charge in [0.05, 0.1) is 6.61 Å². The molecule has 0 amide bonds. The molecule has 0 aliphatic carbocycles. The van der Waals surface area contributed by atoms with Gasteiger partial charge in [-0.25, -0.2) is 4.79 Å². The largest absolute Gasteiger partial charge is 0.462 e. The Hall–Kier alpha value is -1.13. The van der Waals surface area contributed by atoms with E-state index in [1.807, 2.05) is 0 Å². The zero-order valence-electron chi connectivity index (χ0n) is 11.8. The van der Waals surface area contributed by atoms with Gasteiger partial charge in [0.15, 0.2) is 0 Å². The van der Waals surface area contributed by atoms with Crippen LogP contribution in [-0.4, -0.2) is 33.1 Å². The summed E-state index contributed by atoms with van der Waals surface area (Å²) in [5.41, 5.74) is 2.38. The first-order valence-corrected chi connectivity index (χ1v) is 6.03. The fourth-order valence-electron chi connectivity index (χ4n) is 1.34. The minimum Gasteiger partial charge on any atom is -0.462 e. The third-order valence-corrected chi connectivity index (χ3v) is 2.37. The van der Waals surface area contributed by atoms with Crippen LogP contribution in [0.2, 0.25) is 0 Å². The summed E-state index contributed by atoms with van der Waals surface area (Å²) in [6.45, 7) is 8.40. The summed E-state index contributed by atoms with van der Waals surface area (Å²) in [6, 6.07) is 0. The van der Waals surface area contributed by atoms with Crippen LogP contribution in [0, 0.1) is 0 Å². The molecule has 0 aliphatic rings. The normalized spacial score (nSPS) is 10.3. The van der Waals surface area contributed by atoms with Crippen LogP contribution in [0.4, 0.5) is 0 Å². The molecule has 0 atom stereocenters. The minimum absolute atomic E-state index is 0.315. The number of allylic oxidation sites excluding steroid dienone is 2. The fourth-order valence-corrected chi connectivity index (χ4v) is 1.34. The Balaban J connectivity index is 3.74. The summed E-state index contributed by atoms with van der Waals surface area (Å²) in [5.74, 6) is -0.503. The van der Waals surface area contributed by atoms with Crippen LogP contribution in [0.5, 0.6) is 0 Å². The first kappa shape index (κ1) is 16.9. The Labute approximate surface area is 110 Å². The van der Waals surface area contributed by atoms with Crippen LogP contribution < -0.4 is 0 Å². The standard InChI is InChI=1S/C14H24O4/c1-11(2)7-6-8-12(3)9-10-18-13(15)14(16-4)17-5/h7,14H,3,6,8-10H2,1-2,4-5H3. The maximum absolute atomic E-state index is 11.4. The van der Waals surface area contributed by atoms with Crippen molar-refractivity contribution in [2.45, 2.75) is 39.4 Å². The van der Waals surface area contributed by atoms with Crippen LogP contribution >= 0.6 is 0 Å². The van der Waals surface area contributed by atoms with Gasteiger partial charge in [0.1, 0.15) is 0 Å². The highest BCUT2D eigenvalue weighted by Gasteiger charge is 2.17. The molecular weight excluding hydrogens is 232 g/mol. The molecule has 0 spiro atoms. The van der Waals surface area contributed by atoms with Gasteiger partial charge in [0, 0.05) is 20.6 Å². The maximum Gasteiger partial charge on any atom is 0.363 e. The Kier molecular flexibility index (Phi) is 9.24. The Morgan fingerprint density at radius 1 is 1.22 bits per heavy atom. The molecule has 0 saturated heterocycles. The average molecular weight is 256 g/mol. The van der Waals surface area contributed by atoms with Crippen molar-refractivity contribution in [1.82, 2.24) is 0 Å². The number of methoxy groups -OCH3 is 2. The summed E-state index contributed by atoms with van der Waals surface area (Å²) in [5, 5.41) is 0. The third kappa shape index (κ3) is 8.03. The van der Waals surface area contributed by atoms with E-state index < -0.39 is 12.3 Å². The molecule has 104 valence electrons. The monoisotopic (exact) mass is 256 g/mol. The van der Waals surface area contributed by atoms with Crippen LogP contribution in [0.15, 0.2) is 23.8 Å². The average Bonchev–Trinajstić information content (AvgIpc) is 2.30. The predicted octanol–water partition coefficient (Wildman–Crippen LogP) is 2.84. The predicted molar refractivity (Wildman–Crippen MR) is 71.2 cm³/mol. The molecule has 0 aromatic rings. The summed E-state index contributed by atoms with van der Waals surface area (Å²) >= 11 is 0. The maximum atomic E-state index is 11.4. The van der Waals surface area contributed by atoms with E-state index in [-0.39, 0.29) is 0 Å². The molecule has 18 heavy (non-hydrogen) atoms. The van der Waals surface area contributed by atoms with Crippen molar-refractivity contribution in [3.05, 3.63) is 23.8 Å².